The smallest absolute Gasteiger partial charge is 0.244 e. The Balaban J connectivity index is 1.81. The molecule has 0 radical (unpaired) electrons. The first-order valence-electron chi connectivity index (χ1n) is 7.46. The minimum atomic E-state index is -3.42. The molecule has 3 rings (SSSR count). The highest BCUT2D eigenvalue weighted by molar-refractivity contribution is 7.89. The number of aryl methyl sites for hydroxylation is 1. The van der Waals surface area contributed by atoms with Crippen molar-refractivity contribution < 1.29 is 8.42 Å². The quantitative estimate of drug-likeness (QED) is 0.914. The topological polar surface area (TPSA) is 62.3 Å². The van der Waals surface area contributed by atoms with E-state index in [0.717, 1.165) is 24.1 Å². The van der Waals surface area contributed by atoms with Crippen LogP contribution in [0.15, 0.2) is 41.4 Å². The molecule has 5 nitrogen and oxygen atoms in total. The number of halogens is 1. The summed E-state index contributed by atoms with van der Waals surface area (Å²) in [6.07, 6.45) is 3.23. The number of pyridine rings is 1. The molecule has 0 bridgehead atoms. The van der Waals surface area contributed by atoms with E-state index in [1.165, 1.54) is 10.5 Å². The molecule has 7 heteroatoms. The van der Waals surface area contributed by atoms with Gasteiger partial charge in [-0.25, -0.2) is 13.4 Å². The van der Waals surface area contributed by atoms with E-state index in [1.807, 2.05) is 25.1 Å². The molecule has 1 aliphatic heterocycles. The number of rotatable bonds is 4. The van der Waals surface area contributed by atoms with Crippen LogP contribution in [0.2, 0.25) is 5.02 Å². The highest BCUT2D eigenvalue weighted by atomic mass is 35.5. The second-order valence-electron chi connectivity index (χ2n) is 5.57. The summed E-state index contributed by atoms with van der Waals surface area (Å²) in [5.74, 6) is 0.579. The molecule has 1 N–H and O–H groups in total. The maximum Gasteiger partial charge on any atom is 0.244 e. The summed E-state index contributed by atoms with van der Waals surface area (Å²) in [5, 5.41) is 3.79. The van der Waals surface area contributed by atoms with E-state index in [1.54, 1.807) is 12.1 Å². The van der Waals surface area contributed by atoms with E-state index in [2.05, 4.69) is 10.3 Å². The van der Waals surface area contributed by atoms with Gasteiger partial charge in [-0.05, 0) is 49.6 Å². The Morgan fingerprint density at radius 2 is 1.91 bits per heavy atom. The van der Waals surface area contributed by atoms with Gasteiger partial charge in [-0.15, -0.1) is 0 Å². The molecular formula is C16H18ClN3O2S. The number of hydrogen-bond acceptors (Lipinski definition) is 4. The van der Waals surface area contributed by atoms with Crippen molar-refractivity contribution in [3.05, 3.63) is 47.1 Å². The van der Waals surface area contributed by atoms with Crippen LogP contribution in [0.4, 0.5) is 11.5 Å². The molecule has 0 unspecified atom stereocenters. The van der Waals surface area contributed by atoms with Gasteiger partial charge in [-0.1, -0.05) is 17.7 Å². The lowest BCUT2D eigenvalue weighted by atomic mass is 10.2. The Bertz CT molecular complexity index is 801. The molecule has 2 aromatic rings. The normalized spacial score (nSPS) is 15.7. The summed E-state index contributed by atoms with van der Waals surface area (Å²) in [4.78, 5) is 4.45. The second-order valence-corrected chi connectivity index (χ2v) is 7.95. The Morgan fingerprint density at radius 1 is 1.17 bits per heavy atom. The van der Waals surface area contributed by atoms with Crippen LogP contribution in [-0.4, -0.2) is 30.8 Å². The van der Waals surface area contributed by atoms with Gasteiger partial charge in [-0.3, -0.25) is 0 Å². The van der Waals surface area contributed by atoms with E-state index in [4.69, 9.17) is 11.6 Å². The third-order valence-electron chi connectivity index (χ3n) is 3.90. The van der Waals surface area contributed by atoms with Gasteiger partial charge in [0.1, 0.15) is 10.7 Å². The molecule has 0 amide bonds. The maximum atomic E-state index is 12.5. The van der Waals surface area contributed by atoms with E-state index in [9.17, 15) is 8.42 Å². The fourth-order valence-corrected chi connectivity index (χ4v) is 4.19. The number of anilines is 2. The van der Waals surface area contributed by atoms with Gasteiger partial charge in [0.25, 0.3) is 0 Å². The average molecular weight is 352 g/mol. The van der Waals surface area contributed by atoms with E-state index >= 15 is 0 Å². The lowest BCUT2D eigenvalue weighted by molar-refractivity contribution is 0.477. The number of sulfonamides is 1. The van der Waals surface area contributed by atoms with Crippen molar-refractivity contribution in [2.75, 3.05) is 18.4 Å². The minimum Gasteiger partial charge on any atom is -0.340 e. The van der Waals surface area contributed by atoms with Gasteiger partial charge in [0.2, 0.25) is 10.0 Å². The number of aromatic nitrogens is 1. The largest absolute Gasteiger partial charge is 0.340 e. The number of nitrogens with one attached hydrogen (secondary N) is 1. The van der Waals surface area contributed by atoms with Crippen LogP contribution in [0.1, 0.15) is 18.4 Å². The van der Waals surface area contributed by atoms with Crippen molar-refractivity contribution in [2.45, 2.75) is 24.7 Å². The van der Waals surface area contributed by atoms with Crippen molar-refractivity contribution in [3.8, 4) is 0 Å². The number of nitrogens with zero attached hydrogens (tertiary/aromatic N) is 2. The van der Waals surface area contributed by atoms with E-state index in [-0.39, 0.29) is 4.90 Å². The van der Waals surface area contributed by atoms with Gasteiger partial charge < -0.3 is 5.32 Å². The summed E-state index contributed by atoms with van der Waals surface area (Å²) in [7, 11) is -3.42. The molecule has 1 aliphatic rings. The summed E-state index contributed by atoms with van der Waals surface area (Å²) in [6.45, 7) is 3.14. The van der Waals surface area contributed by atoms with Gasteiger partial charge in [0.15, 0.2) is 0 Å². The van der Waals surface area contributed by atoms with E-state index < -0.39 is 10.0 Å². The third kappa shape index (κ3) is 3.49. The van der Waals surface area contributed by atoms with Crippen molar-refractivity contribution in [2.24, 2.45) is 0 Å². The highest BCUT2D eigenvalue weighted by Crippen LogP contribution is 2.25. The van der Waals surface area contributed by atoms with Crippen LogP contribution < -0.4 is 5.32 Å². The molecule has 23 heavy (non-hydrogen) atoms. The van der Waals surface area contributed by atoms with Crippen LogP contribution in [0.25, 0.3) is 0 Å². The fourth-order valence-electron chi connectivity index (χ4n) is 2.55. The molecule has 122 valence electrons. The van der Waals surface area contributed by atoms with Crippen molar-refractivity contribution >= 4 is 33.1 Å². The van der Waals surface area contributed by atoms with Crippen molar-refractivity contribution in [1.82, 2.24) is 9.29 Å². The summed E-state index contributed by atoms with van der Waals surface area (Å²) < 4.78 is 26.4. The third-order valence-corrected chi connectivity index (χ3v) is 6.02. The predicted molar refractivity (Wildman–Crippen MR) is 91.7 cm³/mol. The summed E-state index contributed by atoms with van der Waals surface area (Å²) >= 11 is 6.00. The first kappa shape index (κ1) is 16.2. The zero-order chi connectivity index (χ0) is 16.4. The van der Waals surface area contributed by atoms with Crippen molar-refractivity contribution in [1.29, 1.82) is 0 Å². The van der Waals surface area contributed by atoms with E-state index in [0.29, 0.717) is 23.9 Å². The fraction of sp³-hybridized carbons (Fsp3) is 0.312. The molecule has 2 heterocycles. The lowest BCUT2D eigenvalue weighted by Gasteiger charge is -2.15. The molecule has 0 aliphatic carbocycles. The number of benzene rings is 1. The van der Waals surface area contributed by atoms with Crippen LogP contribution in [0.5, 0.6) is 0 Å². The van der Waals surface area contributed by atoms with Crippen LogP contribution in [0, 0.1) is 6.92 Å². The Kier molecular flexibility index (Phi) is 4.57. The van der Waals surface area contributed by atoms with Crippen LogP contribution >= 0.6 is 11.6 Å². The van der Waals surface area contributed by atoms with Crippen LogP contribution in [-0.2, 0) is 10.0 Å². The first-order valence-corrected chi connectivity index (χ1v) is 9.28. The standard InChI is InChI=1S/C16H18ClN3O2S/c1-12-4-5-13(17)10-15(12)19-16-7-6-14(11-18-16)23(21,22)20-8-2-3-9-20/h4-7,10-11H,2-3,8-9H2,1H3,(H,18,19). The molecule has 0 spiro atoms. The van der Waals surface area contributed by atoms with Gasteiger partial charge in [0.05, 0.1) is 0 Å². The predicted octanol–water partition coefficient (Wildman–Crippen LogP) is 3.57. The van der Waals surface area contributed by atoms with Crippen molar-refractivity contribution in [3.63, 3.8) is 0 Å². The molecular weight excluding hydrogens is 334 g/mol. The second kappa shape index (κ2) is 6.47. The van der Waals surface area contributed by atoms with Gasteiger partial charge in [0, 0.05) is 30.0 Å². The van der Waals surface area contributed by atoms with Gasteiger partial charge in [-0.2, -0.15) is 4.31 Å². The van der Waals surface area contributed by atoms with Gasteiger partial charge >= 0.3 is 0 Å². The average Bonchev–Trinajstić information content (AvgIpc) is 3.07. The zero-order valence-electron chi connectivity index (χ0n) is 12.8. The Morgan fingerprint density at radius 3 is 2.57 bits per heavy atom. The highest BCUT2D eigenvalue weighted by Gasteiger charge is 2.27. The molecule has 1 saturated heterocycles. The molecule has 1 fully saturated rings. The molecule has 1 aromatic heterocycles. The first-order chi connectivity index (χ1) is 11.0. The monoisotopic (exact) mass is 351 g/mol. The molecule has 0 saturated carbocycles. The summed E-state index contributed by atoms with van der Waals surface area (Å²) in [5.41, 5.74) is 1.88. The zero-order valence-corrected chi connectivity index (χ0v) is 14.4. The lowest BCUT2D eigenvalue weighted by Crippen LogP contribution is -2.27. The summed E-state index contributed by atoms with van der Waals surface area (Å²) in [6, 6.07) is 8.80. The SMILES string of the molecule is Cc1ccc(Cl)cc1Nc1ccc(S(=O)(=O)N2CCCC2)cn1. The molecule has 0 atom stereocenters. The minimum absolute atomic E-state index is 0.229. The Hall–Kier alpha value is -1.63. The number of hydrogen-bond donors (Lipinski definition) is 1. The maximum absolute atomic E-state index is 12.5. The van der Waals surface area contributed by atoms with Crippen LogP contribution in [0.3, 0.4) is 0 Å². The Labute approximate surface area is 141 Å². The molecule has 1 aromatic carbocycles.